The summed E-state index contributed by atoms with van der Waals surface area (Å²) in [7, 11) is 0. The first-order valence-electron chi connectivity index (χ1n) is 3.33. The van der Waals surface area contributed by atoms with Gasteiger partial charge in [0.05, 0.1) is 5.60 Å². The molecule has 2 N–H and O–H groups in total. The van der Waals surface area contributed by atoms with Crippen LogP contribution in [0.1, 0.15) is 13.8 Å². The first-order valence-corrected chi connectivity index (χ1v) is 4.15. The Labute approximate surface area is 77.2 Å². The van der Waals surface area contributed by atoms with E-state index in [9.17, 15) is 5.11 Å². The summed E-state index contributed by atoms with van der Waals surface area (Å²) < 4.78 is 0. The van der Waals surface area contributed by atoms with Gasteiger partial charge in [-0.15, -0.1) is 0 Å². The molecular formula is C7H13Cl2NO. The maximum absolute atomic E-state index is 9.25. The zero-order valence-electron chi connectivity index (χ0n) is 6.69. The molecule has 0 aliphatic rings. The van der Waals surface area contributed by atoms with Crippen LogP contribution in [0.4, 0.5) is 0 Å². The minimum Gasteiger partial charge on any atom is -0.389 e. The lowest BCUT2D eigenvalue weighted by Gasteiger charge is -2.17. The van der Waals surface area contributed by atoms with Gasteiger partial charge in [-0.25, -0.2) is 0 Å². The van der Waals surface area contributed by atoms with Gasteiger partial charge in [0.2, 0.25) is 0 Å². The predicted octanol–water partition coefficient (Wildman–Crippen LogP) is 1.67. The largest absolute Gasteiger partial charge is 0.389 e. The van der Waals surface area contributed by atoms with Crippen molar-refractivity contribution in [2.45, 2.75) is 19.4 Å². The fraction of sp³-hybridized carbons (Fsp3) is 0.714. The van der Waals surface area contributed by atoms with E-state index in [-0.39, 0.29) is 0 Å². The molecule has 11 heavy (non-hydrogen) atoms. The van der Waals surface area contributed by atoms with Crippen molar-refractivity contribution in [3.8, 4) is 0 Å². The SMILES string of the molecule is CC(C)(O)CNCC(Cl)=CCl. The Morgan fingerprint density at radius 2 is 2.18 bits per heavy atom. The monoisotopic (exact) mass is 197 g/mol. The van der Waals surface area contributed by atoms with Crippen LogP contribution >= 0.6 is 23.2 Å². The van der Waals surface area contributed by atoms with Crippen LogP contribution in [0.5, 0.6) is 0 Å². The second-order valence-corrected chi connectivity index (χ2v) is 3.68. The number of nitrogens with one attached hydrogen (secondary N) is 1. The normalized spacial score (nSPS) is 13.7. The predicted molar refractivity (Wildman–Crippen MR) is 49.0 cm³/mol. The molecule has 0 fully saturated rings. The van der Waals surface area contributed by atoms with Gasteiger partial charge in [0.1, 0.15) is 0 Å². The minimum atomic E-state index is -0.705. The molecule has 0 saturated carbocycles. The molecule has 0 aliphatic carbocycles. The molecule has 0 atom stereocenters. The molecule has 0 aromatic rings. The second kappa shape index (κ2) is 4.99. The standard InChI is InChI=1S/C7H13Cl2NO/c1-7(2,11)5-10-4-6(9)3-8/h3,10-11H,4-5H2,1-2H3. The van der Waals surface area contributed by atoms with E-state index in [4.69, 9.17) is 23.2 Å². The number of hydrogen-bond donors (Lipinski definition) is 2. The quantitative estimate of drug-likeness (QED) is 0.720. The van der Waals surface area contributed by atoms with Crippen LogP contribution in [-0.2, 0) is 0 Å². The van der Waals surface area contributed by atoms with Gasteiger partial charge < -0.3 is 10.4 Å². The third-order valence-corrected chi connectivity index (χ3v) is 1.59. The van der Waals surface area contributed by atoms with Crippen molar-refractivity contribution in [3.05, 3.63) is 10.6 Å². The van der Waals surface area contributed by atoms with Crippen LogP contribution in [-0.4, -0.2) is 23.8 Å². The number of rotatable bonds is 4. The Bertz CT molecular complexity index is 140. The summed E-state index contributed by atoms with van der Waals surface area (Å²) in [6, 6.07) is 0. The van der Waals surface area contributed by atoms with Crippen molar-refractivity contribution in [3.63, 3.8) is 0 Å². The Hall–Kier alpha value is 0.240. The van der Waals surface area contributed by atoms with Crippen molar-refractivity contribution in [1.29, 1.82) is 0 Å². The minimum absolute atomic E-state index is 0.494. The Kier molecular flexibility index (Phi) is 5.10. The maximum Gasteiger partial charge on any atom is 0.0715 e. The van der Waals surface area contributed by atoms with Crippen molar-refractivity contribution in [2.24, 2.45) is 0 Å². The lowest BCUT2D eigenvalue weighted by molar-refractivity contribution is 0.0809. The fourth-order valence-electron chi connectivity index (χ4n) is 0.526. The Balaban J connectivity index is 3.43. The average molecular weight is 198 g/mol. The second-order valence-electron chi connectivity index (χ2n) is 2.97. The molecular weight excluding hydrogens is 185 g/mol. The third-order valence-electron chi connectivity index (χ3n) is 0.970. The van der Waals surface area contributed by atoms with Crippen LogP contribution in [0, 0.1) is 0 Å². The van der Waals surface area contributed by atoms with E-state index >= 15 is 0 Å². The lowest BCUT2D eigenvalue weighted by Crippen LogP contribution is -2.35. The molecule has 0 heterocycles. The van der Waals surface area contributed by atoms with Crippen LogP contribution < -0.4 is 5.32 Å². The molecule has 0 amide bonds. The van der Waals surface area contributed by atoms with Crippen LogP contribution in [0.15, 0.2) is 10.6 Å². The first kappa shape index (κ1) is 11.2. The summed E-state index contributed by atoms with van der Waals surface area (Å²) in [6.07, 6.45) is 0. The van der Waals surface area contributed by atoms with E-state index in [1.807, 2.05) is 0 Å². The van der Waals surface area contributed by atoms with Crippen molar-refractivity contribution in [1.82, 2.24) is 5.32 Å². The smallest absolute Gasteiger partial charge is 0.0715 e. The summed E-state index contributed by atoms with van der Waals surface area (Å²) in [5.41, 5.74) is 0.600. The maximum atomic E-state index is 9.25. The van der Waals surface area contributed by atoms with Gasteiger partial charge in [0.15, 0.2) is 0 Å². The molecule has 0 aromatic heterocycles. The molecule has 0 spiro atoms. The fourth-order valence-corrected chi connectivity index (χ4v) is 0.698. The lowest BCUT2D eigenvalue weighted by atomic mass is 10.1. The Morgan fingerprint density at radius 1 is 1.64 bits per heavy atom. The molecule has 66 valence electrons. The molecule has 0 aliphatic heterocycles. The zero-order chi connectivity index (χ0) is 8.91. The number of halogens is 2. The van der Waals surface area contributed by atoms with E-state index < -0.39 is 5.60 Å². The van der Waals surface area contributed by atoms with Crippen molar-refractivity contribution in [2.75, 3.05) is 13.1 Å². The van der Waals surface area contributed by atoms with Crippen LogP contribution in [0.25, 0.3) is 0 Å². The highest BCUT2D eigenvalue weighted by molar-refractivity contribution is 6.36. The highest BCUT2D eigenvalue weighted by Crippen LogP contribution is 2.02. The van der Waals surface area contributed by atoms with E-state index in [1.54, 1.807) is 13.8 Å². The summed E-state index contributed by atoms with van der Waals surface area (Å²) in [6.45, 7) is 4.43. The average Bonchev–Trinajstić information content (AvgIpc) is 1.85. The molecule has 4 heteroatoms. The molecule has 0 bridgehead atoms. The van der Waals surface area contributed by atoms with Gasteiger partial charge in [-0.1, -0.05) is 23.2 Å². The number of hydrogen-bond acceptors (Lipinski definition) is 2. The van der Waals surface area contributed by atoms with Gasteiger partial charge in [-0.05, 0) is 13.8 Å². The molecule has 2 nitrogen and oxygen atoms in total. The van der Waals surface area contributed by atoms with E-state index in [1.165, 1.54) is 5.54 Å². The van der Waals surface area contributed by atoms with E-state index in [0.717, 1.165) is 0 Å². The van der Waals surface area contributed by atoms with Gasteiger partial charge >= 0.3 is 0 Å². The summed E-state index contributed by atoms with van der Waals surface area (Å²) in [5, 5.41) is 12.7. The molecule has 0 unspecified atom stereocenters. The topological polar surface area (TPSA) is 32.3 Å². The van der Waals surface area contributed by atoms with Gasteiger partial charge in [-0.3, -0.25) is 0 Å². The molecule has 0 saturated heterocycles. The Morgan fingerprint density at radius 3 is 2.55 bits per heavy atom. The number of aliphatic hydroxyl groups is 1. The van der Waals surface area contributed by atoms with Crippen molar-refractivity contribution >= 4 is 23.2 Å². The third kappa shape index (κ3) is 8.14. The van der Waals surface area contributed by atoms with Crippen molar-refractivity contribution < 1.29 is 5.11 Å². The highest BCUT2D eigenvalue weighted by Gasteiger charge is 2.10. The van der Waals surface area contributed by atoms with E-state index in [2.05, 4.69) is 5.32 Å². The molecule has 0 radical (unpaired) electrons. The van der Waals surface area contributed by atoms with Gasteiger partial charge in [-0.2, -0.15) is 0 Å². The summed E-state index contributed by atoms with van der Waals surface area (Å²) in [5.74, 6) is 0. The van der Waals surface area contributed by atoms with Crippen LogP contribution in [0.3, 0.4) is 0 Å². The van der Waals surface area contributed by atoms with Gasteiger partial charge in [0, 0.05) is 23.7 Å². The summed E-state index contributed by atoms with van der Waals surface area (Å²) >= 11 is 10.9. The molecule has 0 aromatic carbocycles. The van der Waals surface area contributed by atoms with E-state index in [0.29, 0.717) is 18.1 Å². The molecule has 0 rings (SSSR count). The highest BCUT2D eigenvalue weighted by atomic mass is 35.5. The van der Waals surface area contributed by atoms with Crippen LogP contribution in [0.2, 0.25) is 0 Å². The first-order chi connectivity index (χ1) is 4.95. The zero-order valence-corrected chi connectivity index (χ0v) is 8.21. The van der Waals surface area contributed by atoms with Gasteiger partial charge in [0.25, 0.3) is 0 Å². The summed E-state index contributed by atoms with van der Waals surface area (Å²) in [4.78, 5) is 0.